The first-order valence-electron chi connectivity index (χ1n) is 11.0. The van der Waals surface area contributed by atoms with Crippen molar-refractivity contribution in [1.29, 1.82) is 0 Å². The quantitative estimate of drug-likeness (QED) is 0.229. The Bertz CT molecular complexity index is 1420. The maximum atomic E-state index is 13.7. The zero-order valence-corrected chi connectivity index (χ0v) is 24.1. The van der Waals surface area contributed by atoms with Gasteiger partial charge in [-0.15, -0.1) is 0 Å². The van der Waals surface area contributed by atoms with Crippen LogP contribution in [0.1, 0.15) is 25.2 Å². The fourth-order valence-corrected chi connectivity index (χ4v) is 5.68. The van der Waals surface area contributed by atoms with Gasteiger partial charge in [-0.1, -0.05) is 59.1 Å². The molecule has 0 N–H and O–H groups in total. The number of benzene rings is 3. The molecule has 0 aliphatic rings. The van der Waals surface area contributed by atoms with Crippen LogP contribution in [0.5, 0.6) is 0 Å². The predicted octanol–water partition coefficient (Wildman–Crippen LogP) is 3.45. The number of nitrogens with zero attached hydrogens (tertiary/aromatic N) is 3. The Morgan fingerprint density at radius 1 is 0.971 bits per heavy atom. The zero-order chi connectivity index (χ0) is 24.5. The van der Waals surface area contributed by atoms with E-state index in [2.05, 4.69) is 9.13 Å². The average molecular weight is 642 g/mol. The van der Waals surface area contributed by atoms with E-state index in [1.165, 1.54) is 4.31 Å². The van der Waals surface area contributed by atoms with Crippen molar-refractivity contribution in [3.8, 4) is 0 Å². The number of halogens is 3. The Morgan fingerprint density at radius 3 is 2.20 bits per heavy atom. The third-order valence-corrected chi connectivity index (χ3v) is 8.17. The van der Waals surface area contributed by atoms with Crippen molar-refractivity contribution in [3.63, 3.8) is 0 Å². The van der Waals surface area contributed by atoms with Crippen molar-refractivity contribution >= 4 is 56.0 Å². The number of aryl methyl sites for hydroxylation is 3. The van der Waals surface area contributed by atoms with Gasteiger partial charge < -0.3 is 24.0 Å². The van der Waals surface area contributed by atoms with Crippen LogP contribution < -0.4 is 32.8 Å². The van der Waals surface area contributed by atoms with E-state index < -0.39 is 10.0 Å². The lowest BCUT2D eigenvalue weighted by Crippen LogP contribution is -3.00. The summed E-state index contributed by atoms with van der Waals surface area (Å²) in [5.41, 5.74) is 3.42. The normalized spacial score (nSPS) is 11.7. The van der Waals surface area contributed by atoms with Gasteiger partial charge in [-0.25, -0.2) is 21.9 Å². The molecule has 0 amide bonds. The van der Waals surface area contributed by atoms with Crippen LogP contribution >= 0.6 is 23.2 Å². The molecule has 0 spiro atoms. The second-order valence-electron chi connectivity index (χ2n) is 7.87. The number of sulfonamides is 1. The highest BCUT2D eigenvalue weighted by Crippen LogP contribution is 2.29. The molecule has 4 aromatic rings. The van der Waals surface area contributed by atoms with Crippen molar-refractivity contribution in [2.75, 3.05) is 4.31 Å². The molecule has 9 heteroatoms. The molecular weight excluding hydrogens is 616 g/mol. The molecule has 0 unspecified atom stereocenters. The first-order valence-corrected chi connectivity index (χ1v) is 13.2. The molecule has 0 saturated heterocycles. The molecule has 35 heavy (non-hydrogen) atoms. The van der Waals surface area contributed by atoms with Crippen LogP contribution in [0.2, 0.25) is 10.0 Å². The maximum Gasteiger partial charge on any atom is 0.283 e. The van der Waals surface area contributed by atoms with Crippen molar-refractivity contribution in [3.05, 3.63) is 94.4 Å². The molecule has 0 fully saturated rings. The number of para-hydroxylation sites is 1. The van der Waals surface area contributed by atoms with Crippen LogP contribution in [0.3, 0.4) is 0 Å². The van der Waals surface area contributed by atoms with Crippen molar-refractivity contribution < 1.29 is 37.0 Å². The Morgan fingerprint density at radius 2 is 1.60 bits per heavy atom. The number of fused-ring (bicyclic) bond motifs is 1. The van der Waals surface area contributed by atoms with Crippen molar-refractivity contribution in [2.24, 2.45) is 0 Å². The Hall–Kier alpha value is -2.07. The Kier molecular flexibility index (Phi) is 8.91. The summed E-state index contributed by atoms with van der Waals surface area (Å²) in [5, 5.41) is 0.959. The number of hydrogen-bond donors (Lipinski definition) is 0. The number of rotatable bonds is 7. The van der Waals surface area contributed by atoms with Crippen LogP contribution in [0, 0.1) is 6.92 Å². The van der Waals surface area contributed by atoms with Gasteiger partial charge in [0.15, 0.2) is 11.0 Å². The summed E-state index contributed by atoms with van der Waals surface area (Å²) in [6, 6.07) is 19.6. The highest BCUT2D eigenvalue weighted by atomic mass is 127. The number of anilines is 1. The van der Waals surface area contributed by atoms with E-state index in [0.717, 1.165) is 22.4 Å². The summed E-state index contributed by atoms with van der Waals surface area (Å²) >= 11 is 12.6. The monoisotopic (exact) mass is 641 g/mol. The predicted molar refractivity (Wildman–Crippen MR) is 140 cm³/mol. The van der Waals surface area contributed by atoms with Gasteiger partial charge in [-0.05, 0) is 45.0 Å². The summed E-state index contributed by atoms with van der Waals surface area (Å²) in [7, 11) is -3.84. The van der Waals surface area contributed by atoms with Gasteiger partial charge in [0.2, 0.25) is 0 Å². The lowest BCUT2D eigenvalue weighted by atomic mass is 10.2. The second-order valence-corrected chi connectivity index (χ2v) is 10.5. The molecule has 0 atom stereocenters. The molecule has 3 aromatic carbocycles. The SMILES string of the molecule is CCn1c(C=CN(c2ccccc2)S(=O)(=O)c2ccc(C)cc2)[n+](CC)c2cc(Cl)c(Cl)cc21.[I-]. The van der Waals surface area contributed by atoms with Gasteiger partial charge >= 0.3 is 0 Å². The van der Waals surface area contributed by atoms with Gasteiger partial charge in [-0.2, -0.15) is 0 Å². The van der Waals surface area contributed by atoms with E-state index in [-0.39, 0.29) is 28.9 Å². The Labute approximate surface area is 233 Å². The highest BCUT2D eigenvalue weighted by molar-refractivity contribution is 7.93. The molecular formula is C26H26Cl2IN3O2S. The lowest BCUT2D eigenvalue weighted by molar-refractivity contribution is -0.670. The molecule has 0 aliphatic heterocycles. The molecule has 0 radical (unpaired) electrons. The van der Waals surface area contributed by atoms with Gasteiger partial charge in [-0.3, -0.25) is 0 Å². The summed E-state index contributed by atoms with van der Waals surface area (Å²) in [6.07, 6.45) is 3.44. The molecule has 1 aromatic heterocycles. The highest BCUT2D eigenvalue weighted by Gasteiger charge is 2.26. The summed E-state index contributed by atoms with van der Waals surface area (Å²) < 4.78 is 32.8. The van der Waals surface area contributed by atoms with E-state index in [9.17, 15) is 8.42 Å². The van der Waals surface area contributed by atoms with Crippen LogP contribution in [0.4, 0.5) is 5.69 Å². The maximum absolute atomic E-state index is 13.7. The standard InChI is InChI=1S/C26H26Cl2N3O2S.HI/c1-4-29-24-17-22(27)23(28)18-25(24)30(5-2)26(29)15-16-31(20-9-7-6-8-10-20)34(32,33)21-13-11-19(3)12-14-21;/h6-18H,4-5H2,1-3H3;1H/q+1;/p-1. The van der Waals surface area contributed by atoms with Gasteiger partial charge in [0.25, 0.3) is 15.8 Å². The van der Waals surface area contributed by atoms with Crippen LogP contribution in [0.25, 0.3) is 17.1 Å². The molecule has 184 valence electrons. The summed E-state index contributed by atoms with van der Waals surface area (Å²) in [6.45, 7) is 7.36. The molecule has 0 saturated carbocycles. The van der Waals surface area contributed by atoms with E-state index in [0.29, 0.717) is 28.8 Å². The lowest BCUT2D eigenvalue weighted by Gasteiger charge is -2.20. The van der Waals surface area contributed by atoms with Gasteiger partial charge in [0.05, 0.1) is 33.7 Å². The van der Waals surface area contributed by atoms with E-state index in [4.69, 9.17) is 23.2 Å². The average Bonchev–Trinajstić information content (AvgIpc) is 3.11. The van der Waals surface area contributed by atoms with Gasteiger partial charge in [0.1, 0.15) is 0 Å². The van der Waals surface area contributed by atoms with Crippen molar-refractivity contribution in [2.45, 2.75) is 38.8 Å². The molecule has 4 rings (SSSR count). The third-order valence-electron chi connectivity index (χ3n) is 5.73. The number of aromatic nitrogens is 2. The molecule has 0 bridgehead atoms. The third kappa shape index (κ3) is 5.38. The van der Waals surface area contributed by atoms with Gasteiger partial charge in [0, 0.05) is 24.4 Å². The molecule has 1 heterocycles. The van der Waals surface area contributed by atoms with Crippen molar-refractivity contribution in [1.82, 2.24) is 4.57 Å². The Balaban J connectivity index is 0.00000342. The minimum atomic E-state index is -3.84. The smallest absolute Gasteiger partial charge is 0.283 e. The molecule has 5 nitrogen and oxygen atoms in total. The second kappa shape index (κ2) is 11.3. The van der Waals surface area contributed by atoms with E-state index >= 15 is 0 Å². The molecule has 0 aliphatic carbocycles. The number of imidazole rings is 1. The summed E-state index contributed by atoms with van der Waals surface area (Å²) in [5.74, 6) is 0.846. The first-order chi connectivity index (χ1) is 16.3. The van der Waals surface area contributed by atoms with Crippen LogP contribution in [-0.2, 0) is 23.1 Å². The first kappa shape index (κ1) is 27.5. The van der Waals surface area contributed by atoms with Crippen LogP contribution in [0.15, 0.2) is 77.8 Å². The van der Waals surface area contributed by atoms with Crippen LogP contribution in [-0.4, -0.2) is 13.0 Å². The fourth-order valence-electron chi connectivity index (χ4n) is 4.03. The minimum Gasteiger partial charge on any atom is -1.00 e. The van der Waals surface area contributed by atoms with E-state index in [1.54, 1.807) is 42.6 Å². The zero-order valence-electron chi connectivity index (χ0n) is 19.6. The van der Waals surface area contributed by atoms with E-state index in [1.807, 2.05) is 57.2 Å². The topological polar surface area (TPSA) is 46.2 Å². The minimum absolute atomic E-state index is 0. The number of hydrogen-bond acceptors (Lipinski definition) is 2. The summed E-state index contributed by atoms with van der Waals surface area (Å²) in [4.78, 5) is 0.226. The largest absolute Gasteiger partial charge is 1.00 e. The fraction of sp³-hybridized carbons (Fsp3) is 0.192.